The largest absolute Gasteiger partial charge is 0.469 e. The van der Waals surface area contributed by atoms with Crippen LogP contribution in [0.3, 0.4) is 0 Å². The van der Waals surface area contributed by atoms with Crippen molar-refractivity contribution in [1.29, 1.82) is 0 Å². The van der Waals surface area contributed by atoms with Crippen LogP contribution in [-0.4, -0.2) is 18.9 Å². The SMILES string of the molecule is C#C/C(C)=C/CCC(=O)CC(=O)OC. The maximum atomic E-state index is 11.1. The highest BCUT2D eigenvalue weighted by Gasteiger charge is 2.07. The highest BCUT2D eigenvalue weighted by molar-refractivity contribution is 5.95. The van der Waals surface area contributed by atoms with Crippen molar-refractivity contribution in [3.05, 3.63) is 11.6 Å². The first-order valence-corrected chi connectivity index (χ1v) is 4.32. The molecule has 0 unspecified atom stereocenters. The van der Waals surface area contributed by atoms with Crippen molar-refractivity contribution in [3.63, 3.8) is 0 Å². The summed E-state index contributed by atoms with van der Waals surface area (Å²) in [5.74, 6) is 1.83. The van der Waals surface area contributed by atoms with Gasteiger partial charge in [-0.3, -0.25) is 9.59 Å². The van der Waals surface area contributed by atoms with Crippen molar-refractivity contribution in [1.82, 2.24) is 0 Å². The molecule has 3 nitrogen and oxygen atoms in total. The Morgan fingerprint density at radius 2 is 2.14 bits per heavy atom. The van der Waals surface area contributed by atoms with Gasteiger partial charge in [0.1, 0.15) is 12.2 Å². The summed E-state index contributed by atoms with van der Waals surface area (Å²) in [7, 11) is 1.26. The molecule has 0 fully saturated rings. The molecule has 0 aromatic carbocycles. The molecule has 14 heavy (non-hydrogen) atoms. The molecule has 0 aromatic heterocycles. The lowest BCUT2D eigenvalue weighted by Crippen LogP contribution is -2.08. The number of hydrogen-bond donors (Lipinski definition) is 0. The Morgan fingerprint density at radius 1 is 1.50 bits per heavy atom. The molecule has 0 bridgehead atoms. The number of ether oxygens (including phenoxy) is 1. The molecule has 0 aliphatic rings. The topological polar surface area (TPSA) is 43.4 Å². The van der Waals surface area contributed by atoms with Crippen LogP contribution in [-0.2, 0) is 14.3 Å². The number of rotatable bonds is 5. The minimum Gasteiger partial charge on any atom is -0.469 e. The minimum atomic E-state index is -0.493. The molecule has 0 rings (SSSR count). The summed E-state index contributed by atoms with van der Waals surface area (Å²) < 4.78 is 4.36. The van der Waals surface area contributed by atoms with Crippen LogP contribution in [0.15, 0.2) is 11.6 Å². The number of hydrogen-bond acceptors (Lipinski definition) is 3. The Morgan fingerprint density at radius 3 is 2.64 bits per heavy atom. The number of terminal acetylenes is 1. The molecular formula is C11H14O3. The van der Waals surface area contributed by atoms with Crippen LogP contribution in [0.4, 0.5) is 0 Å². The van der Waals surface area contributed by atoms with E-state index in [1.807, 2.05) is 0 Å². The quantitative estimate of drug-likeness (QED) is 0.378. The predicted molar refractivity (Wildman–Crippen MR) is 53.5 cm³/mol. The van der Waals surface area contributed by atoms with Gasteiger partial charge in [0.15, 0.2) is 0 Å². The van der Waals surface area contributed by atoms with Crippen molar-refractivity contribution in [2.75, 3.05) is 7.11 Å². The number of carbonyl (C=O) groups excluding carboxylic acids is 2. The van der Waals surface area contributed by atoms with Gasteiger partial charge >= 0.3 is 5.97 Å². The van der Waals surface area contributed by atoms with Gasteiger partial charge < -0.3 is 4.74 Å². The molecule has 0 heterocycles. The molecule has 0 radical (unpaired) electrons. The number of carbonyl (C=O) groups is 2. The van der Waals surface area contributed by atoms with Crippen LogP contribution in [0, 0.1) is 12.3 Å². The van der Waals surface area contributed by atoms with E-state index in [0.717, 1.165) is 5.57 Å². The second-order valence-corrected chi connectivity index (χ2v) is 2.86. The third-order valence-corrected chi connectivity index (χ3v) is 1.67. The summed E-state index contributed by atoms with van der Waals surface area (Å²) in [5, 5.41) is 0. The Balaban J connectivity index is 3.77. The first-order chi connectivity index (χ1) is 6.60. The van der Waals surface area contributed by atoms with Gasteiger partial charge in [-0.1, -0.05) is 12.0 Å². The van der Waals surface area contributed by atoms with Gasteiger partial charge in [-0.05, 0) is 18.9 Å². The normalized spacial score (nSPS) is 10.5. The van der Waals surface area contributed by atoms with Crippen LogP contribution in [0.1, 0.15) is 26.2 Å². The van der Waals surface area contributed by atoms with Crippen molar-refractivity contribution >= 4 is 11.8 Å². The number of ketones is 1. The number of allylic oxidation sites excluding steroid dienone is 2. The Kier molecular flexibility index (Phi) is 6.13. The zero-order valence-corrected chi connectivity index (χ0v) is 8.50. The zero-order valence-electron chi connectivity index (χ0n) is 8.50. The van der Waals surface area contributed by atoms with Crippen LogP contribution in [0.25, 0.3) is 0 Å². The van der Waals surface area contributed by atoms with Crippen molar-refractivity contribution in [2.24, 2.45) is 0 Å². The van der Waals surface area contributed by atoms with E-state index in [2.05, 4.69) is 10.7 Å². The third-order valence-electron chi connectivity index (χ3n) is 1.67. The smallest absolute Gasteiger partial charge is 0.313 e. The average Bonchev–Trinajstić information content (AvgIpc) is 2.17. The summed E-state index contributed by atoms with van der Waals surface area (Å²) >= 11 is 0. The summed E-state index contributed by atoms with van der Waals surface area (Å²) in [6.07, 6.45) is 7.66. The summed E-state index contributed by atoms with van der Waals surface area (Å²) in [4.78, 5) is 21.8. The fourth-order valence-corrected chi connectivity index (χ4v) is 0.830. The van der Waals surface area contributed by atoms with Crippen molar-refractivity contribution < 1.29 is 14.3 Å². The van der Waals surface area contributed by atoms with Crippen LogP contribution in [0.5, 0.6) is 0 Å². The predicted octanol–water partition coefficient (Wildman–Crippen LogP) is 1.48. The van der Waals surface area contributed by atoms with E-state index in [4.69, 9.17) is 6.42 Å². The van der Waals surface area contributed by atoms with Gasteiger partial charge in [0.2, 0.25) is 0 Å². The van der Waals surface area contributed by atoms with E-state index in [1.54, 1.807) is 13.0 Å². The molecule has 0 aromatic rings. The highest BCUT2D eigenvalue weighted by atomic mass is 16.5. The van der Waals surface area contributed by atoms with E-state index in [0.29, 0.717) is 12.8 Å². The van der Waals surface area contributed by atoms with Crippen molar-refractivity contribution in [2.45, 2.75) is 26.2 Å². The second kappa shape index (κ2) is 6.90. The molecule has 0 N–H and O–H groups in total. The molecule has 3 heteroatoms. The number of esters is 1. The molecular weight excluding hydrogens is 180 g/mol. The fraction of sp³-hybridized carbons (Fsp3) is 0.455. The fourth-order valence-electron chi connectivity index (χ4n) is 0.830. The molecule has 0 amide bonds. The Hall–Kier alpha value is -1.56. The van der Waals surface area contributed by atoms with Crippen LogP contribution >= 0.6 is 0 Å². The molecule has 0 aliphatic carbocycles. The lowest BCUT2D eigenvalue weighted by atomic mass is 10.1. The lowest BCUT2D eigenvalue weighted by Gasteiger charge is -1.97. The van der Waals surface area contributed by atoms with E-state index >= 15 is 0 Å². The van der Waals surface area contributed by atoms with E-state index in [-0.39, 0.29) is 12.2 Å². The zero-order chi connectivity index (χ0) is 11.0. The maximum Gasteiger partial charge on any atom is 0.313 e. The van der Waals surface area contributed by atoms with Crippen LogP contribution < -0.4 is 0 Å². The standard InChI is InChI=1S/C11H14O3/c1-4-9(2)6-5-7-10(12)8-11(13)14-3/h1,6H,5,7-8H2,2-3H3/b9-6+. The Labute approximate surface area is 84.1 Å². The maximum absolute atomic E-state index is 11.1. The first kappa shape index (κ1) is 12.4. The van der Waals surface area contributed by atoms with Crippen LogP contribution in [0.2, 0.25) is 0 Å². The third kappa shape index (κ3) is 6.01. The molecule has 0 aliphatic heterocycles. The summed E-state index contributed by atoms with van der Waals surface area (Å²) in [6, 6.07) is 0. The molecule has 76 valence electrons. The van der Waals surface area contributed by atoms with E-state index < -0.39 is 5.97 Å². The molecule has 0 atom stereocenters. The van der Waals surface area contributed by atoms with Gasteiger partial charge in [-0.25, -0.2) is 0 Å². The minimum absolute atomic E-state index is 0.127. The van der Waals surface area contributed by atoms with Gasteiger partial charge in [-0.15, -0.1) is 6.42 Å². The number of Topliss-reactive ketones (excluding diaryl/α,β-unsaturated/α-hetero) is 1. The van der Waals surface area contributed by atoms with Crippen molar-refractivity contribution in [3.8, 4) is 12.3 Å². The summed E-state index contributed by atoms with van der Waals surface area (Å²) in [6.45, 7) is 1.80. The second-order valence-electron chi connectivity index (χ2n) is 2.86. The Bertz CT molecular complexity index is 281. The summed E-state index contributed by atoms with van der Waals surface area (Å²) in [5.41, 5.74) is 0.802. The van der Waals surface area contributed by atoms with Gasteiger partial charge in [0.05, 0.1) is 7.11 Å². The van der Waals surface area contributed by atoms with E-state index in [9.17, 15) is 9.59 Å². The average molecular weight is 194 g/mol. The first-order valence-electron chi connectivity index (χ1n) is 4.32. The van der Waals surface area contributed by atoms with Gasteiger partial charge in [0.25, 0.3) is 0 Å². The highest BCUT2D eigenvalue weighted by Crippen LogP contribution is 2.00. The van der Waals surface area contributed by atoms with Gasteiger partial charge in [-0.2, -0.15) is 0 Å². The molecule has 0 spiro atoms. The molecule has 0 saturated heterocycles. The molecule has 0 saturated carbocycles. The van der Waals surface area contributed by atoms with E-state index in [1.165, 1.54) is 7.11 Å². The lowest BCUT2D eigenvalue weighted by molar-refractivity contribution is -0.143. The van der Waals surface area contributed by atoms with Gasteiger partial charge in [0, 0.05) is 6.42 Å². The monoisotopic (exact) mass is 194 g/mol. The number of methoxy groups -OCH3 is 1.